The maximum Gasteiger partial charge on any atom is 0.310 e. The van der Waals surface area contributed by atoms with Crippen LogP contribution < -0.4 is 0 Å². The number of nitriles is 1. The normalized spacial score (nSPS) is 18.1. The highest BCUT2D eigenvalue weighted by molar-refractivity contribution is 7.89. The van der Waals surface area contributed by atoms with Crippen molar-refractivity contribution in [1.29, 1.82) is 5.26 Å². The van der Waals surface area contributed by atoms with E-state index in [2.05, 4.69) is 0 Å². The van der Waals surface area contributed by atoms with Gasteiger partial charge >= 0.3 is 5.97 Å². The molecule has 1 heterocycles. The average Bonchev–Trinajstić information content (AvgIpc) is 2.55. The molecule has 0 saturated carbocycles. The van der Waals surface area contributed by atoms with Gasteiger partial charge in [0.15, 0.2) is 6.10 Å². The van der Waals surface area contributed by atoms with Crippen molar-refractivity contribution >= 4 is 16.0 Å². The summed E-state index contributed by atoms with van der Waals surface area (Å²) in [5.41, 5.74) is 0. The summed E-state index contributed by atoms with van der Waals surface area (Å²) in [6, 6.07) is 6.45. The largest absolute Gasteiger partial charge is 0.447 e. The van der Waals surface area contributed by atoms with Crippen molar-refractivity contribution in [1.82, 2.24) is 4.31 Å². The summed E-state index contributed by atoms with van der Waals surface area (Å²) in [7, 11) is -3.69. The SMILES string of the molecule is C[C@H](C#N)OC(=O)C1CCN(S(=O)(=O)c2ccc(F)cc2)CC1. The van der Waals surface area contributed by atoms with Gasteiger partial charge in [-0.3, -0.25) is 4.79 Å². The molecular weight excluding hydrogens is 323 g/mol. The van der Waals surface area contributed by atoms with Gasteiger partial charge in [0.1, 0.15) is 11.9 Å². The van der Waals surface area contributed by atoms with Gasteiger partial charge in [0.2, 0.25) is 10.0 Å². The third kappa shape index (κ3) is 4.06. The minimum atomic E-state index is -3.69. The Morgan fingerprint density at radius 3 is 2.43 bits per heavy atom. The van der Waals surface area contributed by atoms with Crippen molar-refractivity contribution in [2.45, 2.75) is 30.8 Å². The maximum absolute atomic E-state index is 12.9. The fourth-order valence-corrected chi connectivity index (χ4v) is 3.85. The molecule has 1 aliphatic rings. The number of hydrogen-bond acceptors (Lipinski definition) is 5. The van der Waals surface area contributed by atoms with Crippen LogP contribution in [-0.4, -0.2) is 37.9 Å². The van der Waals surface area contributed by atoms with Crippen molar-refractivity contribution in [3.63, 3.8) is 0 Å². The van der Waals surface area contributed by atoms with Gasteiger partial charge in [-0.25, -0.2) is 12.8 Å². The van der Waals surface area contributed by atoms with E-state index < -0.39 is 33.8 Å². The van der Waals surface area contributed by atoms with E-state index in [-0.39, 0.29) is 18.0 Å². The van der Waals surface area contributed by atoms with Crippen LogP contribution >= 0.6 is 0 Å². The minimum absolute atomic E-state index is 0.0260. The zero-order valence-electron chi connectivity index (χ0n) is 12.6. The average molecular weight is 340 g/mol. The van der Waals surface area contributed by atoms with Crippen molar-refractivity contribution in [3.8, 4) is 6.07 Å². The standard InChI is InChI=1S/C15H17FN2O4S/c1-11(10-17)22-15(19)12-6-8-18(9-7-12)23(20,21)14-4-2-13(16)3-5-14/h2-5,11-12H,6-9H2,1H3/t11-/m1/s1. The lowest BCUT2D eigenvalue weighted by Crippen LogP contribution is -2.40. The number of carbonyl (C=O) groups excluding carboxylic acids is 1. The highest BCUT2D eigenvalue weighted by Gasteiger charge is 2.33. The van der Waals surface area contributed by atoms with E-state index in [1.165, 1.54) is 23.4 Å². The second-order valence-electron chi connectivity index (χ2n) is 5.34. The van der Waals surface area contributed by atoms with Crippen LogP contribution in [0.25, 0.3) is 0 Å². The molecule has 0 N–H and O–H groups in total. The summed E-state index contributed by atoms with van der Waals surface area (Å²) in [5, 5.41) is 8.63. The molecule has 2 rings (SSSR count). The quantitative estimate of drug-likeness (QED) is 0.778. The number of halogens is 1. The Labute approximate surface area is 134 Å². The number of esters is 1. The van der Waals surface area contributed by atoms with E-state index in [9.17, 15) is 17.6 Å². The predicted octanol–water partition coefficient (Wildman–Crippen LogP) is 1.68. The summed E-state index contributed by atoms with van der Waals surface area (Å²) in [6.07, 6.45) is -0.155. The Balaban J connectivity index is 2.00. The first-order valence-electron chi connectivity index (χ1n) is 7.20. The number of carbonyl (C=O) groups is 1. The van der Waals surface area contributed by atoms with Crippen LogP contribution in [0.5, 0.6) is 0 Å². The molecule has 0 amide bonds. The second kappa shape index (κ2) is 7.06. The molecule has 124 valence electrons. The van der Waals surface area contributed by atoms with Crippen molar-refractivity contribution in [2.75, 3.05) is 13.1 Å². The Morgan fingerprint density at radius 2 is 1.91 bits per heavy atom. The second-order valence-corrected chi connectivity index (χ2v) is 7.28. The number of nitrogens with zero attached hydrogens (tertiary/aromatic N) is 2. The molecule has 8 heteroatoms. The summed E-state index contributed by atoms with van der Waals surface area (Å²) < 4.78 is 44.0. The topological polar surface area (TPSA) is 87.5 Å². The number of benzene rings is 1. The Kier molecular flexibility index (Phi) is 5.34. The molecule has 1 fully saturated rings. The number of piperidine rings is 1. The smallest absolute Gasteiger partial charge is 0.310 e. The molecule has 1 atom stereocenters. The molecule has 0 aromatic heterocycles. The molecule has 0 unspecified atom stereocenters. The Bertz CT molecular complexity index is 704. The molecule has 6 nitrogen and oxygen atoms in total. The molecule has 0 radical (unpaired) electrons. The first-order chi connectivity index (χ1) is 10.8. The number of hydrogen-bond donors (Lipinski definition) is 0. The van der Waals surface area contributed by atoms with Crippen LogP contribution in [0.15, 0.2) is 29.2 Å². The van der Waals surface area contributed by atoms with Gasteiger partial charge in [0.05, 0.1) is 10.8 Å². The monoisotopic (exact) mass is 340 g/mol. The zero-order chi connectivity index (χ0) is 17.0. The fourth-order valence-electron chi connectivity index (χ4n) is 2.38. The molecule has 0 aliphatic carbocycles. The highest BCUT2D eigenvalue weighted by atomic mass is 32.2. The van der Waals surface area contributed by atoms with Crippen molar-refractivity contribution < 1.29 is 22.3 Å². The summed E-state index contributed by atoms with van der Waals surface area (Å²) >= 11 is 0. The number of rotatable bonds is 4. The van der Waals surface area contributed by atoms with Gasteiger partial charge in [-0.2, -0.15) is 9.57 Å². The van der Waals surface area contributed by atoms with Crippen LogP contribution in [0.2, 0.25) is 0 Å². The van der Waals surface area contributed by atoms with Crippen molar-refractivity contribution in [3.05, 3.63) is 30.1 Å². The Morgan fingerprint density at radius 1 is 1.35 bits per heavy atom. The highest BCUT2D eigenvalue weighted by Crippen LogP contribution is 2.25. The zero-order valence-corrected chi connectivity index (χ0v) is 13.4. The van der Waals surface area contributed by atoms with E-state index in [1.807, 2.05) is 6.07 Å². The summed E-state index contributed by atoms with van der Waals surface area (Å²) in [5.74, 6) is -1.39. The third-order valence-electron chi connectivity index (χ3n) is 3.71. The molecule has 1 aliphatic heterocycles. The van der Waals surface area contributed by atoms with E-state index >= 15 is 0 Å². The third-order valence-corrected chi connectivity index (χ3v) is 5.63. The van der Waals surface area contributed by atoms with Gasteiger partial charge in [0, 0.05) is 13.1 Å². The van der Waals surface area contributed by atoms with E-state index in [0.29, 0.717) is 12.8 Å². The maximum atomic E-state index is 12.9. The van der Waals surface area contributed by atoms with Gasteiger partial charge < -0.3 is 4.74 Å². The molecule has 0 bridgehead atoms. The summed E-state index contributed by atoms with van der Waals surface area (Å²) in [6.45, 7) is 1.84. The minimum Gasteiger partial charge on any atom is -0.447 e. The van der Waals surface area contributed by atoms with Crippen molar-refractivity contribution in [2.24, 2.45) is 5.92 Å². The van der Waals surface area contributed by atoms with Gasteiger partial charge in [-0.05, 0) is 44.0 Å². The van der Waals surface area contributed by atoms with E-state index in [4.69, 9.17) is 10.00 Å². The Hall–Kier alpha value is -1.98. The van der Waals surface area contributed by atoms with Crippen LogP contribution in [0, 0.1) is 23.1 Å². The number of ether oxygens (including phenoxy) is 1. The van der Waals surface area contributed by atoms with Crippen LogP contribution in [0.3, 0.4) is 0 Å². The molecule has 1 aromatic carbocycles. The number of sulfonamides is 1. The van der Waals surface area contributed by atoms with Crippen LogP contribution in [-0.2, 0) is 19.6 Å². The fraction of sp³-hybridized carbons (Fsp3) is 0.467. The lowest BCUT2D eigenvalue weighted by Gasteiger charge is -2.30. The lowest BCUT2D eigenvalue weighted by molar-refractivity contribution is -0.152. The molecule has 1 saturated heterocycles. The summed E-state index contributed by atoms with van der Waals surface area (Å²) in [4.78, 5) is 11.9. The van der Waals surface area contributed by atoms with Crippen LogP contribution in [0.1, 0.15) is 19.8 Å². The molecule has 0 spiro atoms. The van der Waals surface area contributed by atoms with Gasteiger partial charge in [-0.1, -0.05) is 0 Å². The molecule has 1 aromatic rings. The first-order valence-corrected chi connectivity index (χ1v) is 8.64. The van der Waals surface area contributed by atoms with Gasteiger partial charge in [0.25, 0.3) is 0 Å². The van der Waals surface area contributed by atoms with E-state index in [0.717, 1.165) is 12.1 Å². The van der Waals surface area contributed by atoms with E-state index in [1.54, 1.807) is 0 Å². The molecular formula is C15H17FN2O4S. The first kappa shape index (κ1) is 17.4. The lowest BCUT2D eigenvalue weighted by atomic mass is 9.98. The molecule has 23 heavy (non-hydrogen) atoms. The van der Waals surface area contributed by atoms with Crippen LogP contribution in [0.4, 0.5) is 4.39 Å². The van der Waals surface area contributed by atoms with Gasteiger partial charge in [-0.15, -0.1) is 0 Å². The predicted molar refractivity (Wildman–Crippen MR) is 79.0 cm³/mol.